The molecule has 1 saturated heterocycles. The number of urea groups is 1. The first kappa shape index (κ1) is 11.6. The highest BCUT2D eigenvalue weighted by atomic mass is 16.4. The van der Waals surface area contributed by atoms with Crippen LogP contribution in [0.1, 0.15) is 25.7 Å². The van der Waals surface area contributed by atoms with Crippen molar-refractivity contribution in [3.63, 3.8) is 0 Å². The van der Waals surface area contributed by atoms with E-state index in [0.717, 1.165) is 23.8 Å². The van der Waals surface area contributed by atoms with Crippen LogP contribution in [0, 0.1) is 0 Å². The molecule has 1 spiro atoms. The molecule has 0 radical (unpaired) electrons. The first-order valence-corrected chi connectivity index (χ1v) is 5.59. The SMILES string of the molecule is O=C(O)C=CCN1C(=O)NC2(CCCC2)C1=O. The molecule has 3 amide bonds. The maximum Gasteiger partial charge on any atom is 0.328 e. The van der Waals surface area contributed by atoms with Crippen LogP contribution in [-0.4, -0.2) is 40.0 Å². The smallest absolute Gasteiger partial charge is 0.328 e. The van der Waals surface area contributed by atoms with Crippen LogP contribution in [0.3, 0.4) is 0 Å². The van der Waals surface area contributed by atoms with Crippen LogP contribution in [0.2, 0.25) is 0 Å². The third-order valence-electron chi connectivity index (χ3n) is 3.25. The lowest BCUT2D eigenvalue weighted by Gasteiger charge is -2.19. The molecule has 92 valence electrons. The van der Waals surface area contributed by atoms with Gasteiger partial charge in [-0.05, 0) is 12.8 Å². The molecule has 0 atom stereocenters. The lowest BCUT2D eigenvalue weighted by molar-refractivity contribution is -0.132. The molecule has 1 heterocycles. The Labute approximate surface area is 98.3 Å². The summed E-state index contributed by atoms with van der Waals surface area (Å²) in [7, 11) is 0. The second-order valence-electron chi connectivity index (χ2n) is 4.38. The Morgan fingerprint density at radius 2 is 2.06 bits per heavy atom. The average molecular weight is 238 g/mol. The van der Waals surface area contributed by atoms with Crippen molar-refractivity contribution in [1.82, 2.24) is 10.2 Å². The zero-order valence-electron chi connectivity index (χ0n) is 9.31. The number of imide groups is 1. The highest BCUT2D eigenvalue weighted by molar-refractivity contribution is 6.07. The van der Waals surface area contributed by atoms with Crippen LogP contribution in [0.25, 0.3) is 0 Å². The van der Waals surface area contributed by atoms with E-state index in [1.807, 2.05) is 0 Å². The molecule has 0 unspecified atom stereocenters. The molecule has 17 heavy (non-hydrogen) atoms. The van der Waals surface area contributed by atoms with E-state index in [2.05, 4.69) is 5.32 Å². The Morgan fingerprint density at radius 1 is 1.41 bits per heavy atom. The van der Waals surface area contributed by atoms with Gasteiger partial charge in [-0.25, -0.2) is 9.59 Å². The number of hydrogen-bond acceptors (Lipinski definition) is 3. The Kier molecular flexibility index (Phi) is 2.87. The summed E-state index contributed by atoms with van der Waals surface area (Å²) in [4.78, 5) is 35.1. The quantitative estimate of drug-likeness (QED) is 0.553. The molecule has 2 rings (SSSR count). The summed E-state index contributed by atoms with van der Waals surface area (Å²) in [5.41, 5.74) is -0.714. The molecular formula is C11H14N2O4. The zero-order chi connectivity index (χ0) is 12.5. The van der Waals surface area contributed by atoms with Crippen molar-refractivity contribution in [2.24, 2.45) is 0 Å². The average Bonchev–Trinajstić information content (AvgIpc) is 2.80. The number of carboxylic acids is 1. The van der Waals surface area contributed by atoms with Gasteiger partial charge in [-0.2, -0.15) is 0 Å². The van der Waals surface area contributed by atoms with E-state index in [4.69, 9.17) is 5.11 Å². The van der Waals surface area contributed by atoms with Gasteiger partial charge >= 0.3 is 12.0 Å². The summed E-state index contributed by atoms with van der Waals surface area (Å²) in [6, 6.07) is -0.424. The summed E-state index contributed by atoms with van der Waals surface area (Å²) >= 11 is 0. The zero-order valence-corrected chi connectivity index (χ0v) is 9.31. The molecule has 0 aromatic rings. The molecular weight excluding hydrogens is 224 g/mol. The number of nitrogens with zero attached hydrogens (tertiary/aromatic N) is 1. The van der Waals surface area contributed by atoms with Crippen molar-refractivity contribution < 1.29 is 19.5 Å². The lowest BCUT2D eigenvalue weighted by atomic mass is 9.98. The number of carbonyl (C=O) groups excluding carboxylic acids is 2. The molecule has 1 aliphatic heterocycles. The number of rotatable bonds is 3. The molecule has 2 N–H and O–H groups in total. The Morgan fingerprint density at radius 3 is 2.65 bits per heavy atom. The van der Waals surface area contributed by atoms with Crippen LogP contribution in [0.4, 0.5) is 4.79 Å². The van der Waals surface area contributed by atoms with Crippen LogP contribution < -0.4 is 5.32 Å². The fourth-order valence-corrected chi connectivity index (χ4v) is 2.42. The normalized spacial score (nSPS) is 22.7. The van der Waals surface area contributed by atoms with Gasteiger partial charge in [0, 0.05) is 12.6 Å². The van der Waals surface area contributed by atoms with Crippen molar-refractivity contribution >= 4 is 17.9 Å². The second kappa shape index (κ2) is 4.20. The molecule has 0 aromatic heterocycles. The Balaban J connectivity index is 2.06. The van der Waals surface area contributed by atoms with E-state index in [-0.39, 0.29) is 12.5 Å². The maximum atomic E-state index is 12.1. The third kappa shape index (κ3) is 2.02. The van der Waals surface area contributed by atoms with Crippen molar-refractivity contribution in [2.45, 2.75) is 31.2 Å². The number of aliphatic carboxylic acids is 1. The van der Waals surface area contributed by atoms with E-state index in [1.165, 1.54) is 6.08 Å². The van der Waals surface area contributed by atoms with Crippen molar-refractivity contribution in [3.05, 3.63) is 12.2 Å². The largest absolute Gasteiger partial charge is 0.478 e. The number of hydrogen-bond donors (Lipinski definition) is 2. The monoisotopic (exact) mass is 238 g/mol. The van der Waals surface area contributed by atoms with E-state index >= 15 is 0 Å². The summed E-state index contributed by atoms with van der Waals surface area (Å²) in [6.07, 6.45) is 5.46. The van der Waals surface area contributed by atoms with Crippen LogP contribution in [0.5, 0.6) is 0 Å². The third-order valence-corrected chi connectivity index (χ3v) is 3.25. The van der Waals surface area contributed by atoms with E-state index < -0.39 is 17.5 Å². The number of carbonyl (C=O) groups is 3. The maximum absolute atomic E-state index is 12.1. The molecule has 0 bridgehead atoms. The lowest BCUT2D eigenvalue weighted by Crippen LogP contribution is -2.44. The van der Waals surface area contributed by atoms with Gasteiger partial charge in [0.05, 0.1) is 0 Å². The number of amides is 3. The molecule has 0 aromatic carbocycles. The van der Waals surface area contributed by atoms with E-state index in [1.54, 1.807) is 0 Å². The Hall–Kier alpha value is -1.85. The van der Waals surface area contributed by atoms with E-state index in [0.29, 0.717) is 12.8 Å². The van der Waals surface area contributed by atoms with Gasteiger partial charge in [0.2, 0.25) is 0 Å². The van der Waals surface area contributed by atoms with Crippen LogP contribution in [0.15, 0.2) is 12.2 Å². The first-order chi connectivity index (χ1) is 8.05. The minimum Gasteiger partial charge on any atom is -0.478 e. The standard InChI is InChI=1S/C11H14N2O4/c14-8(15)4-3-7-13-9(16)11(12-10(13)17)5-1-2-6-11/h3-4H,1-2,5-7H2,(H,12,17)(H,14,15). The van der Waals surface area contributed by atoms with Gasteiger partial charge in [0.15, 0.2) is 0 Å². The summed E-state index contributed by atoms with van der Waals surface area (Å²) in [5, 5.41) is 11.2. The predicted octanol–water partition coefficient (Wildman–Crippen LogP) is 0.492. The summed E-state index contributed by atoms with van der Waals surface area (Å²) in [6.45, 7) is 0.0126. The van der Waals surface area contributed by atoms with Gasteiger partial charge < -0.3 is 10.4 Å². The molecule has 6 nitrogen and oxygen atoms in total. The molecule has 2 aliphatic rings. The van der Waals surface area contributed by atoms with Gasteiger partial charge in [-0.3, -0.25) is 9.69 Å². The fraction of sp³-hybridized carbons (Fsp3) is 0.545. The molecule has 1 aliphatic carbocycles. The Bertz CT molecular complexity index is 396. The summed E-state index contributed by atoms with van der Waals surface area (Å²) < 4.78 is 0. The fourth-order valence-electron chi connectivity index (χ4n) is 2.42. The minimum atomic E-state index is -1.09. The molecule has 1 saturated carbocycles. The minimum absolute atomic E-state index is 0.0126. The molecule has 2 fully saturated rings. The topological polar surface area (TPSA) is 86.7 Å². The number of carboxylic acid groups (broad SMARTS) is 1. The van der Waals surface area contributed by atoms with Crippen molar-refractivity contribution in [1.29, 1.82) is 0 Å². The van der Waals surface area contributed by atoms with Gasteiger partial charge in [0.25, 0.3) is 5.91 Å². The predicted molar refractivity (Wildman–Crippen MR) is 58.2 cm³/mol. The van der Waals surface area contributed by atoms with Crippen LogP contribution in [-0.2, 0) is 9.59 Å². The van der Waals surface area contributed by atoms with Gasteiger partial charge in [-0.15, -0.1) is 0 Å². The van der Waals surface area contributed by atoms with E-state index in [9.17, 15) is 14.4 Å². The highest BCUT2D eigenvalue weighted by Crippen LogP contribution is 2.34. The van der Waals surface area contributed by atoms with Crippen molar-refractivity contribution in [2.75, 3.05) is 6.54 Å². The first-order valence-electron chi connectivity index (χ1n) is 5.59. The molecule has 6 heteroatoms. The van der Waals surface area contributed by atoms with Crippen LogP contribution >= 0.6 is 0 Å². The second-order valence-corrected chi connectivity index (χ2v) is 4.38. The summed E-state index contributed by atoms with van der Waals surface area (Å²) in [5.74, 6) is -1.32. The van der Waals surface area contributed by atoms with Crippen molar-refractivity contribution in [3.8, 4) is 0 Å². The van der Waals surface area contributed by atoms with Gasteiger partial charge in [-0.1, -0.05) is 18.9 Å². The highest BCUT2D eigenvalue weighted by Gasteiger charge is 2.51. The number of nitrogens with one attached hydrogen (secondary N) is 1. The van der Waals surface area contributed by atoms with Gasteiger partial charge in [0.1, 0.15) is 5.54 Å².